The Morgan fingerprint density at radius 2 is 1.97 bits per heavy atom. The van der Waals surface area contributed by atoms with Gasteiger partial charge in [-0.2, -0.15) is 5.10 Å². The number of benzene rings is 2. The summed E-state index contributed by atoms with van der Waals surface area (Å²) in [4.78, 5) is 29.8. The smallest absolute Gasteiger partial charge is 0.274 e. The van der Waals surface area contributed by atoms with Crippen molar-refractivity contribution in [1.82, 2.24) is 9.55 Å². The minimum Gasteiger partial charge on any atom is -0.310 e. The molecular weight excluding hydrogens is 366 g/mol. The summed E-state index contributed by atoms with van der Waals surface area (Å²) in [5.74, 6) is 0.0490. The summed E-state index contributed by atoms with van der Waals surface area (Å²) < 4.78 is 2.00. The maximum atomic E-state index is 12.9. The Hall–Kier alpha value is -3.48. The molecule has 0 unspecified atom stereocenters. The van der Waals surface area contributed by atoms with Crippen LogP contribution in [0.25, 0.3) is 11.0 Å². The number of fused-ring (bicyclic) bond motifs is 1. The molecule has 0 bridgehead atoms. The van der Waals surface area contributed by atoms with Gasteiger partial charge in [0.25, 0.3) is 5.91 Å². The number of nitrogens with one attached hydrogen (secondary N) is 1. The fourth-order valence-electron chi connectivity index (χ4n) is 3.47. The molecule has 7 heteroatoms. The Balaban J connectivity index is 1.63. The van der Waals surface area contributed by atoms with Gasteiger partial charge in [0.15, 0.2) is 0 Å². The summed E-state index contributed by atoms with van der Waals surface area (Å²) in [6.45, 7) is 4.78. The first-order valence-corrected chi connectivity index (χ1v) is 9.80. The molecule has 1 aromatic heterocycles. The highest BCUT2D eigenvalue weighted by Crippen LogP contribution is 2.23. The van der Waals surface area contributed by atoms with Crippen LogP contribution in [0.4, 0.5) is 11.6 Å². The van der Waals surface area contributed by atoms with Crippen molar-refractivity contribution in [1.29, 1.82) is 0 Å². The Labute approximate surface area is 169 Å². The standard InChI is InChI=1S/C22H23N5O2/c1-3-13-26-19-10-5-4-9-17(19)23-22(26)24-21(29)18-11-12-20(28)27(25-18)16-8-6-7-15(2)14-16/h4-10,14H,3,11-13H2,1-2H3,(H,23,24,29). The number of nitrogens with zero attached hydrogens (tertiary/aromatic N) is 4. The van der Waals surface area contributed by atoms with Crippen molar-refractivity contribution in [3.8, 4) is 0 Å². The van der Waals surface area contributed by atoms with E-state index in [0.29, 0.717) is 23.8 Å². The highest BCUT2D eigenvalue weighted by atomic mass is 16.2. The van der Waals surface area contributed by atoms with E-state index >= 15 is 0 Å². The van der Waals surface area contributed by atoms with E-state index in [-0.39, 0.29) is 18.2 Å². The van der Waals surface area contributed by atoms with Gasteiger partial charge in [0.05, 0.1) is 16.7 Å². The second kappa shape index (κ2) is 7.87. The third-order valence-electron chi connectivity index (χ3n) is 4.87. The predicted molar refractivity (Wildman–Crippen MR) is 114 cm³/mol. The number of aryl methyl sites for hydroxylation is 2. The Morgan fingerprint density at radius 3 is 2.76 bits per heavy atom. The summed E-state index contributed by atoms with van der Waals surface area (Å²) in [6, 6.07) is 15.3. The SMILES string of the molecule is CCCn1c(NC(=O)C2=NN(c3cccc(C)c3)C(=O)CC2)nc2ccccc21. The molecule has 0 saturated heterocycles. The third kappa shape index (κ3) is 3.76. The minimum absolute atomic E-state index is 0.120. The van der Waals surface area contributed by atoms with Crippen molar-refractivity contribution < 1.29 is 9.59 Å². The summed E-state index contributed by atoms with van der Waals surface area (Å²) in [5, 5.41) is 8.57. The number of carbonyl (C=O) groups is 2. The van der Waals surface area contributed by atoms with Crippen LogP contribution in [0.2, 0.25) is 0 Å². The largest absolute Gasteiger partial charge is 0.310 e. The number of carbonyl (C=O) groups excluding carboxylic acids is 2. The minimum atomic E-state index is -0.331. The van der Waals surface area contributed by atoms with Gasteiger partial charge < -0.3 is 4.57 Å². The topological polar surface area (TPSA) is 79.6 Å². The number of amides is 2. The highest BCUT2D eigenvalue weighted by molar-refractivity contribution is 6.44. The summed E-state index contributed by atoms with van der Waals surface area (Å²) in [5.41, 5.74) is 3.82. The van der Waals surface area contributed by atoms with E-state index in [9.17, 15) is 9.59 Å². The zero-order valence-corrected chi connectivity index (χ0v) is 16.6. The van der Waals surface area contributed by atoms with E-state index in [1.807, 2.05) is 60.0 Å². The van der Waals surface area contributed by atoms with Crippen LogP contribution in [-0.4, -0.2) is 27.1 Å². The van der Waals surface area contributed by atoms with Crippen LogP contribution in [0.5, 0.6) is 0 Å². The van der Waals surface area contributed by atoms with Gasteiger partial charge >= 0.3 is 0 Å². The number of hydrazone groups is 1. The van der Waals surface area contributed by atoms with Crippen LogP contribution in [-0.2, 0) is 16.1 Å². The van der Waals surface area contributed by atoms with Gasteiger partial charge in [-0.3, -0.25) is 14.9 Å². The van der Waals surface area contributed by atoms with Gasteiger partial charge in [-0.1, -0.05) is 31.2 Å². The quantitative estimate of drug-likeness (QED) is 0.719. The lowest BCUT2D eigenvalue weighted by Gasteiger charge is -2.23. The summed E-state index contributed by atoms with van der Waals surface area (Å²) >= 11 is 0. The number of imidazole rings is 1. The molecule has 0 spiro atoms. The average molecular weight is 389 g/mol. The first-order valence-electron chi connectivity index (χ1n) is 9.80. The normalized spacial score (nSPS) is 14.2. The van der Waals surface area contributed by atoms with Crippen LogP contribution in [0.15, 0.2) is 53.6 Å². The second-order valence-electron chi connectivity index (χ2n) is 7.12. The van der Waals surface area contributed by atoms with Crippen molar-refractivity contribution >= 4 is 40.2 Å². The average Bonchev–Trinajstić information content (AvgIpc) is 3.06. The van der Waals surface area contributed by atoms with Crippen molar-refractivity contribution in [3.63, 3.8) is 0 Å². The summed E-state index contributed by atoms with van der Waals surface area (Å²) in [7, 11) is 0. The zero-order chi connectivity index (χ0) is 20.4. The zero-order valence-electron chi connectivity index (χ0n) is 16.6. The Bertz CT molecular complexity index is 1120. The molecule has 0 fully saturated rings. The maximum Gasteiger partial charge on any atom is 0.274 e. The number of rotatable bonds is 5. The van der Waals surface area contributed by atoms with Crippen LogP contribution in [0.3, 0.4) is 0 Å². The predicted octanol–water partition coefficient (Wildman–Crippen LogP) is 3.88. The molecule has 3 aromatic rings. The molecule has 2 heterocycles. The number of hydrogen-bond acceptors (Lipinski definition) is 4. The van der Waals surface area contributed by atoms with Crippen molar-refractivity contribution in [3.05, 3.63) is 54.1 Å². The van der Waals surface area contributed by atoms with Crippen LogP contribution >= 0.6 is 0 Å². The first-order chi connectivity index (χ1) is 14.1. The highest BCUT2D eigenvalue weighted by Gasteiger charge is 2.26. The fourth-order valence-corrected chi connectivity index (χ4v) is 3.47. The molecule has 1 aliphatic rings. The Kier molecular flexibility index (Phi) is 5.12. The van der Waals surface area contributed by atoms with Crippen molar-refractivity contribution in [2.45, 2.75) is 39.7 Å². The third-order valence-corrected chi connectivity index (χ3v) is 4.87. The molecule has 1 N–H and O–H groups in total. The van der Waals surface area contributed by atoms with E-state index < -0.39 is 0 Å². The maximum absolute atomic E-state index is 12.9. The van der Waals surface area contributed by atoms with E-state index in [1.54, 1.807) is 0 Å². The lowest BCUT2D eigenvalue weighted by atomic mass is 10.1. The number of anilines is 2. The van der Waals surface area contributed by atoms with E-state index in [1.165, 1.54) is 5.01 Å². The van der Waals surface area contributed by atoms with Gasteiger partial charge in [-0.05, 0) is 43.2 Å². The molecule has 0 aliphatic carbocycles. The second-order valence-corrected chi connectivity index (χ2v) is 7.12. The van der Waals surface area contributed by atoms with E-state index in [0.717, 1.165) is 29.6 Å². The molecule has 0 radical (unpaired) electrons. The molecular formula is C22H23N5O2. The lowest BCUT2D eigenvalue weighted by Crippen LogP contribution is -2.36. The lowest BCUT2D eigenvalue weighted by molar-refractivity contribution is -0.118. The van der Waals surface area contributed by atoms with Crippen LogP contribution in [0.1, 0.15) is 31.7 Å². The van der Waals surface area contributed by atoms with Gasteiger partial charge in [-0.25, -0.2) is 9.99 Å². The molecule has 4 rings (SSSR count). The van der Waals surface area contributed by atoms with Crippen molar-refractivity contribution in [2.75, 3.05) is 10.3 Å². The van der Waals surface area contributed by atoms with Crippen LogP contribution < -0.4 is 10.3 Å². The summed E-state index contributed by atoms with van der Waals surface area (Å²) in [6.07, 6.45) is 1.46. The molecule has 0 atom stereocenters. The van der Waals surface area contributed by atoms with Gasteiger partial charge in [0, 0.05) is 19.4 Å². The molecule has 2 amide bonds. The fraction of sp³-hybridized carbons (Fsp3) is 0.273. The molecule has 29 heavy (non-hydrogen) atoms. The molecule has 0 saturated carbocycles. The van der Waals surface area contributed by atoms with Crippen molar-refractivity contribution in [2.24, 2.45) is 5.10 Å². The monoisotopic (exact) mass is 389 g/mol. The number of para-hydroxylation sites is 2. The molecule has 7 nitrogen and oxygen atoms in total. The van der Waals surface area contributed by atoms with Crippen LogP contribution in [0, 0.1) is 6.92 Å². The Morgan fingerprint density at radius 1 is 1.14 bits per heavy atom. The van der Waals surface area contributed by atoms with E-state index in [4.69, 9.17) is 0 Å². The number of aromatic nitrogens is 2. The molecule has 2 aromatic carbocycles. The van der Waals surface area contributed by atoms with Gasteiger partial charge in [-0.15, -0.1) is 0 Å². The van der Waals surface area contributed by atoms with Gasteiger partial charge in [0.1, 0.15) is 5.71 Å². The molecule has 1 aliphatic heterocycles. The molecule has 148 valence electrons. The van der Waals surface area contributed by atoms with Gasteiger partial charge in [0.2, 0.25) is 11.9 Å². The van der Waals surface area contributed by atoms with E-state index in [2.05, 4.69) is 22.3 Å². The first kappa shape index (κ1) is 18.9. The number of hydrogen-bond donors (Lipinski definition) is 1.